The number of ketones is 1. The van der Waals surface area contributed by atoms with Crippen molar-refractivity contribution in [2.75, 3.05) is 0 Å². The van der Waals surface area contributed by atoms with E-state index < -0.39 is 130 Å². The maximum atomic E-state index is 14.3. The molecule has 6 fully saturated rings. The van der Waals surface area contributed by atoms with Gasteiger partial charge in [-0.05, 0) is 38.2 Å². The average molecular weight is 661 g/mol. The third-order valence-corrected chi connectivity index (χ3v) is 13.8. The first kappa shape index (κ1) is 32.7. The lowest BCUT2D eigenvalue weighted by atomic mass is 9.41. The van der Waals surface area contributed by atoms with Crippen LogP contribution in [0.25, 0.3) is 0 Å². The van der Waals surface area contributed by atoms with Crippen molar-refractivity contribution in [1.82, 2.24) is 0 Å². The second-order valence-corrected chi connectivity index (χ2v) is 15.9. The molecule has 47 heavy (non-hydrogen) atoms. The average Bonchev–Trinajstić information content (AvgIpc) is 3.65. The molecular formula is C34H44O13. The Hall–Kier alpha value is -2.87. The number of aliphatic hydroxyl groups is 3. The fraction of sp³-hybridized carbons (Fsp3) is 0.794. The zero-order chi connectivity index (χ0) is 34.5. The van der Waals surface area contributed by atoms with Gasteiger partial charge in [-0.1, -0.05) is 20.8 Å². The number of esters is 4. The minimum absolute atomic E-state index is 0.214. The Morgan fingerprint density at radius 1 is 0.851 bits per heavy atom. The Kier molecular flexibility index (Phi) is 6.85. The van der Waals surface area contributed by atoms with Crippen molar-refractivity contribution >= 4 is 29.7 Å². The summed E-state index contributed by atoms with van der Waals surface area (Å²) in [4.78, 5) is 65.8. The number of fused-ring (bicyclic) bond motifs is 10. The normalized spacial score (nSPS) is 55.1. The van der Waals surface area contributed by atoms with E-state index in [2.05, 4.69) is 0 Å². The summed E-state index contributed by atoms with van der Waals surface area (Å²) in [6.07, 6.45) is -5.37. The summed E-state index contributed by atoms with van der Waals surface area (Å²) in [5, 5.41) is 36.4. The number of carbonyl (C=O) groups is 5. The van der Waals surface area contributed by atoms with Gasteiger partial charge in [-0.3, -0.25) is 19.2 Å². The fourth-order valence-electron chi connectivity index (χ4n) is 11.9. The van der Waals surface area contributed by atoms with Gasteiger partial charge in [-0.15, -0.1) is 0 Å². The number of carbonyl (C=O) groups excluding carboxylic acids is 5. The first-order valence-electron chi connectivity index (χ1n) is 16.5. The number of rotatable bonds is 3. The highest BCUT2D eigenvalue weighted by Gasteiger charge is 2.83. The number of aliphatic hydroxyl groups excluding tert-OH is 2. The Morgan fingerprint density at radius 2 is 1.45 bits per heavy atom. The predicted octanol–water partition coefficient (Wildman–Crippen LogP) is 0.842. The monoisotopic (exact) mass is 660 g/mol. The van der Waals surface area contributed by atoms with E-state index in [9.17, 15) is 39.3 Å². The van der Waals surface area contributed by atoms with Crippen LogP contribution in [0.15, 0.2) is 11.8 Å². The third-order valence-electron chi connectivity index (χ3n) is 13.8. The van der Waals surface area contributed by atoms with Crippen molar-refractivity contribution in [3.05, 3.63) is 11.8 Å². The number of epoxide rings is 1. The van der Waals surface area contributed by atoms with E-state index in [0.717, 1.165) is 0 Å². The van der Waals surface area contributed by atoms with E-state index in [-0.39, 0.29) is 18.3 Å². The fourth-order valence-corrected chi connectivity index (χ4v) is 11.9. The van der Waals surface area contributed by atoms with Crippen molar-refractivity contribution in [3.8, 4) is 0 Å². The van der Waals surface area contributed by atoms with Gasteiger partial charge in [0, 0.05) is 61.2 Å². The molecule has 2 aliphatic heterocycles. The Morgan fingerprint density at radius 3 is 2.04 bits per heavy atom. The SMILES string of the molecule is CC(=O)O[C@H]1C2[C@H](C3[C@@H](O)[C@@H]4C([C@H](C)C=C5OC(=O)[C@@](C)(O)[C@@]54C)[C@@]3(C)[C@H]1OC(C)=O)[C@@H](O)C(=O)C1C[C@@H]3O[C@@H]3[C@H](OC(C)=O)[C@@]12C. The summed E-state index contributed by atoms with van der Waals surface area (Å²) in [6, 6.07) is 0. The number of allylic oxidation sites excluding steroid dienone is 1. The molecule has 2 heterocycles. The zero-order valence-corrected chi connectivity index (χ0v) is 27.8. The van der Waals surface area contributed by atoms with Gasteiger partial charge in [0.15, 0.2) is 11.4 Å². The van der Waals surface area contributed by atoms with Crippen LogP contribution in [0.3, 0.4) is 0 Å². The molecule has 5 aliphatic carbocycles. The van der Waals surface area contributed by atoms with E-state index in [1.165, 1.54) is 27.7 Å². The predicted molar refractivity (Wildman–Crippen MR) is 156 cm³/mol. The standard InChI is InChI=1S/C34H44O13/c1-11-9-17-33(7,34(8,42)30(41)47-17)22-19(11)32(6)20(25(22)40)18-21(27(43-12(2)35)29(32)45-14(4)37)31(5)15(23(38)24(18)39)10-16-26(46-16)28(31)44-13(3)36/h9,11,15-16,18-22,24-29,39-40,42H,10H2,1-8H3/t11-,15?,16+,18+,19?,20?,21?,22+,24-,25-,26+,27+,28+,29+,31+,32-,33+,34-/m1/s1. The van der Waals surface area contributed by atoms with E-state index in [1.807, 2.05) is 6.92 Å². The van der Waals surface area contributed by atoms with Gasteiger partial charge < -0.3 is 39.0 Å². The number of hydrogen-bond acceptors (Lipinski definition) is 13. The molecule has 18 atom stereocenters. The molecule has 4 saturated carbocycles. The second-order valence-electron chi connectivity index (χ2n) is 15.9. The van der Waals surface area contributed by atoms with Crippen LogP contribution in [0.2, 0.25) is 0 Å². The lowest BCUT2D eigenvalue weighted by Crippen LogP contribution is -2.74. The van der Waals surface area contributed by atoms with Crippen LogP contribution in [0.4, 0.5) is 0 Å². The molecular weight excluding hydrogens is 616 g/mol. The van der Waals surface area contributed by atoms with Crippen molar-refractivity contribution in [2.45, 2.75) is 110 Å². The van der Waals surface area contributed by atoms with Crippen molar-refractivity contribution in [1.29, 1.82) is 0 Å². The van der Waals surface area contributed by atoms with Gasteiger partial charge in [0.1, 0.15) is 36.3 Å². The van der Waals surface area contributed by atoms with Crippen LogP contribution < -0.4 is 0 Å². The molecule has 3 N–H and O–H groups in total. The molecule has 0 bridgehead atoms. The first-order valence-corrected chi connectivity index (χ1v) is 16.5. The summed E-state index contributed by atoms with van der Waals surface area (Å²) in [7, 11) is 0. The number of Topliss-reactive ketones (excluding diaryl/α,β-unsaturated/α-hetero) is 1. The van der Waals surface area contributed by atoms with Gasteiger partial charge in [0.2, 0.25) is 0 Å². The van der Waals surface area contributed by atoms with E-state index in [4.69, 9.17) is 23.7 Å². The minimum atomic E-state index is -2.06. The minimum Gasteiger partial charge on any atom is -0.459 e. The molecule has 0 aromatic heterocycles. The molecule has 4 unspecified atom stereocenters. The molecule has 7 rings (SSSR count). The third kappa shape index (κ3) is 3.82. The highest BCUT2D eigenvalue weighted by atomic mass is 16.6. The lowest BCUT2D eigenvalue weighted by Gasteiger charge is -2.65. The van der Waals surface area contributed by atoms with Crippen molar-refractivity contribution < 1.29 is 63.0 Å². The summed E-state index contributed by atoms with van der Waals surface area (Å²) < 4.78 is 29.7. The molecule has 7 aliphatic rings. The van der Waals surface area contributed by atoms with Crippen LogP contribution >= 0.6 is 0 Å². The molecule has 258 valence electrons. The molecule has 13 heteroatoms. The molecule has 0 spiro atoms. The maximum Gasteiger partial charge on any atom is 0.343 e. The van der Waals surface area contributed by atoms with Gasteiger partial charge >= 0.3 is 23.9 Å². The summed E-state index contributed by atoms with van der Waals surface area (Å²) in [5.41, 5.74) is -6.06. The highest BCUT2D eigenvalue weighted by molar-refractivity contribution is 5.88. The largest absolute Gasteiger partial charge is 0.459 e. The zero-order valence-electron chi connectivity index (χ0n) is 27.8. The van der Waals surface area contributed by atoms with Gasteiger partial charge in [0.05, 0.1) is 17.6 Å². The van der Waals surface area contributed by atoms with Crippen LogP contribution in [-0.4, -0.2) is 93.3 Å². The van der Waals surface area contributed by atoms with Gasteiger partial charge in [-0.2, -0.15) is 0 Å². The molecule has 2 saturated heterocycles. The summed E-state index contributed by atoms with van der Waals surface area (Å²) in [6.45, 7) is 12.1. The van der Waals surface area contributed by atoms with Gasteiger partial charge in [-0.25, -0.2) is 4.79 Å². The summed E-state index contributed by atoms with van der Waals surface area (Å²) >= 11 is 0. The second kappa shape index (κ2) is 9.86. The number of hydrogen-bond donors (Lipinski definition) is 3. The Balaban J connectivity index is 1.49. The van der Waals surface area contributed by atoms with Crippen LogP contribution in [-0.2, 0) is 47.7 Å². The maximum absolute atomic E-state index is 14.3. The van der Waals surface area contributed by atoms with E-state index >= 15 is 0 Å². The quantitative estimate of drug-likeness (QED) is 0.219. The van der Waals surface area contributed by atoms with Crippen LogP contribution in [0.5, 0.6) is 0 Å². The van der Waals surface area contributed by atoms with Crippen molar-refractivity contribution in [3.63, 3.8) is 0 Å². The lowest BCUT2D eigenvalue weighted by molar-refractivity contribution is -0.272. The van der Waals surface area contributed by atoms with Crippen LogP contribution in [0.1, 0.15) is 61.8 Å². The molecule has 0 aromatic rings. The molecule has 13 nitrogen and oxygen atoms in total. The summed E-state index contributed by atoms with van der Waals surface area (Å²) in [5.74, 6) is -8.98. The Bertz CT molecular complexity index is 1500. The molecule has 0 aromatic carbocycles. The topological polar surface area (TPSA) is 195 Å². The Labute approximate surface area is 272 Å². The van der Waals surface area contributed by atoms with E-state index in [0.29, 0.717) is 0 Å². The smallest absolute Gasteiger partial charge is 0.343 e. The van der Waals surface area contributed by atoms with Crippen LogP contribution in [0, 0.1) is 57.7 Å². The molecule has 0 amide bonds. The molecule has 0 radical (unpaired) electrons. The first-order chi connectivity index (χ1) is 21.7. The van der Waals surface area contributed by atoms with Crippen molar-refractivity contribution in [2.24, 2.45) is 57.7 Å². The number of ether oxygens (including phenoxy) is 5. The highest BCUT2D eigenvalue weighted by Crippen LogP contribution is 2.75. The van der Waals surface area contributed by atoms with E-state index in [1.54, 1.807) is 26.8 Å². The van der Waals surface area contributed by atoms with Gasteiger partial charge in [0.25, 0.3) is 0 Å².